The average Bonchev–Trinajstić information content (AvgIpc) is 2.84. The molecule has 0 saturated carbocycles. The largest absolute Gasteiger partial charge is 0.399 e. The van der Waals surface area contributed by atoms with Gasteiger partial charge in [-0.1, -0.05) is 29.5 Å². The Morgan fingerprint density at radius 1 is 1.25 bits per heavy atom. The highest BCUT2D eigenvalue weighted by Crippen LogP contribution is 2.30. The van der Waals surface area contributed by atoms with Crippen molar-refractivity contribution in [1.29, 1.82) is 0 Å². The third kappa shape index (κ3) is 2.44. The molecule has 1 aromatic heterocycles. The first-order valence-electron chi connectivity index (χ1n) is 6.24. The molecule has 3 aromatic rings. The van der Waals surface area contributed by atoms with Gasteiger partial charge in [-0.05, 0) is 24.3 Å². The van der Waals surface area contributed by atoms with Crippen molar-refractivity contribution in [2.45, 2.75) is 6.54 Å². The van der Waals surface area contributed by atoms with Gasteiger partial charge in [0.25, 0.3) is 0 Å². The lowest BCUT2D eigenvalue weighted by molar-refractivity contribution is 0.608. The second kappa shape index (κ2) is 5.09. The fourth-order valence-corrected chi connectivity index (χ4v) is 3.02. The zero-order valence-corrected chi connectivity index (χ0v) is 11.8. The van der Waals surface area contributed by atoms with E-state index in [9.17, 15) is 4.39 Å². The number of aromatic nitrogens is 1. The number of nitrogen functional groups attached to an aromatic ring is 1. The van der Waals surface area contributed by atoms with Crippen LogP contribution in [0.1, 0.15) is 5.56 Å². The Labute approximate surface area is 120 Å². The van der Waals surface area contributed by atoms with E-state index in [-0.39, 0.29) is 5.82 Å². The van der Waals surface area contributed by atoms with Gasteiger partial charge < -0.3 is 10.6 Å². The molecule has 0 aliphatic rings. The number of halogens is 1. The van der Waals surface area contributed by atoms with Crippen LogP contribution in [0.3, 0.4) is 0 Å². The number of nitrogens with two attached hydrogens (primary N) is 1. The first kappa shape index (κ1) is 12.9. The molecular weight excluding hydrogens is 273 g/mol. The molecule has 0 amide bonds. The summed E-state index contributed by atoms with van der Waals surface area (Å²) in [5.74, 6) is -0.190. The molecular formula is C15H14FN3S. The smallest absolute Gasteiger partial charge is 0.186 e. The van der Waals surface area contributed by atoms with Crippen LogP contribution in [0.2, 0.25) is 0 Å². The van der Waals surface area contributed by atoms with Gasteiger partial charge in [-0.3, -0.25) is 0 Å². The van der Waals surface area contributed by atoms with Crippen LogP contribution < -0.4 is 10.6 Å². The summed E-state index contributed by atoms with van der Waals surface area (Å²) in [5.41, 5.74) is 8.07. The maximum Gasteiger partial charge on any atom is 0.186 e. The van der Waals surface area contributed by atoms with E-state index in [0.717, 1.165) is 21.0 Å². The van der Waals surface area contributed by atoms with Gasteiger partial charge >= 0.3 is 0 Å². The number of benzene rings is 2. The van der Waals surface area contributed by atoms with Crippen LogP contribution in [0.15, 0.2) is 42.5 Å². The minimum Gasteiger partial charge on any atom is -0.399 e. The van der Waals surface area contributed by atoms with Crippen LogP contribution in [0, 0.1) is 5.82 Å². The molecule has 2 N–H and O–H groups in total. The Morgan fingerprint density at radius 3 is 2.85 bits per heavy atom. The summed E-state index contributed by atoms with van der Waals surface area (Å²) in [6, 6.07) is 12.4. The van der Waals surface area contributed by atoms with Gasteiger partial charge in [0.15, 0.2) is 5.13 Å². The van der Waals surface area contributed by atoms with E-state index in [2.05, 4.69) is 4.98 Å². The van der Waals surface area contributed by atoms with Crippen LogP contribution in [0.4, 0.5) is 15.2 Å². The topological polar surface area (TPSA) is 42.2 Å². The first-order valence-corrected chi connectivity index (χ1v) is 7.06. The summed E-state index contributed by atoms with van der Waals surface area (Å²) in [5, 5.41) is 0.855. The highest BCUT2D eigenvalue weighted by atomic mass is 32.1. The van der Waals surface area contributed by atoms with Crippen molar-refractivity contribution >= 4 is 32.4 Å². The molecule has 0 aliphatic carbocycles. The van der Waals surface area contributed by atoms with Crippen molar-refractivity contribution in [3.8, 4) is 0 Å². The molecule has 3 nitrogen and oxygen atoms in total. The van der Waals surface area contributed by atoms with Crippen molar-refractivity contribution in [2.24, 2.45) is 0 Å². The Kier molecular flexibility index (Phi) is 3.28. The van der Waals surface area contributed by atoms with Gasteiger partial charge in [-0.15, -0.1) is 0 Å². The standard InChI is InChI=1S/C15H14FN3S/c1-19(9-10-4-2-3-5-12(10)16)15-18-13-7-6-11(17)8-14(13)20-15/h2-8H,9,17H2,1H3. The lowest BCUT2D eigenvalue weighted by Gasteiger charge is -2.15. The van der Waals surface area contributed by atoms with Crippen LogP contribution in [-0.2, 0) is 6.54 Å². The Bertz CT molecular complexity index is 754. The quantitative estimate of drug-likeness (QED) is 0.748. The number of hydrogen-bond donors (Lipinski definition) is 1. The molecule has 0 saturated heterocycles. The minimum absolute atomic E-state index is 0.190. The Balaban J connectivity index is 1.89. The fourth-order valence-electron chi connectivity index (χ4n) is 2.04. The van der Waals surface area contributed by atoms with Crippen LogP contribution in [0.5, 0.6) is 0 Å². The van der Waals surface area contributed by atoms with Gasteiger partial charge in [0.2, 0.25) is 0 Å². The normalized spacial score (nSPS) is 10.9. The van der Waals surface area contributed by atoms with E-state index in [1.54, 1.807) is 23.5 Å². The third-order valence-corrected chi connectivity index (χ3v) is 4.23. The van der Waals surface area contributed by atoms with E-state index in [1.807, 2.05) is 36.2 Å². The minimum atomic E-state index is -0.190. The zero-order valence-electron chi connectivity index (χ0n) is 11.0. The number of fused-ring (bicyclic) bond motifs is 1. The molecule has 2 aromatic carbocycles. The van der Waals surface area contributed by atoms with E-state index < -0.39 is 0 Å². The average molecular weight is 287 g/mol. The van der Waals surface area contributed by atoms with Gasteiger partial charge in [0.05, 0.1) is 10.2 Å². The van der Waals surface area contributed by atoms with E-state index >= 15 is 0 Å². The summed E-state index contributed by atoms with van der Waals surface area (Å²) >= 11 is 1.56. The molecule has 0 aliphatic heterocycles. The third-order valence-electron chi connectivity index (χ3n) is 3.09. The number of nitrogens with zero attached hydrogens (tertiary/aromatic N) is 2. The van der Waals surface area contributed by atoms with Crippen molar-refractivity contribution in [2.75, 3.05) is 17.7 Å². The van der Waals surface area contributed by atoms with Crippen LogP contribution in [-0.4, -0.2) is 12.0 Å². The SMILES string of the molecule is CN(Cc1ccccc1F)c1nc2ccc(N)cc2s1. The molecule has 20 heavy (non-hydrogen) atoms. The number of anilines is 2. The molecule has 0 unspecified atom stereocenters. The Hall–Kier alpha value is -2.14. The number of rotatable bonds is 3. The van der Waals surface area contributed by atoms with Gasteiger partial charge in [-0.2, -0.15) is 0 Å². The zero-order chi connectivity index (χ0) is 14.1. The van der Waals surface area contributed by atoms with Crippen molar-refractivity contribution in [1.82, 2.24) is 4.98 Å². The van der Waals surface area contributed by atoms with Gasteiger partial charge in [0.1, 0.15) is 5.82 Å². The molecule has 0 fully saturated rings. The maximum atomic E-state index is 13.7. The second-order valence-electron chi connectivity index (χ2n) is 4.67. The molecule has 102 valence electrons. The Morgan fingerprint density at radius 2 is 2.05 bits per heavy atom. The summed E-state index contributed by atoms with van der Waals surface area (Å²) < 4.78 is 14.7. The lowest BCUT2D eigenvalue weighted by Crippen LogP contribution is -2.16. The monoisotopic (exact) mass is 287 g/mol. The van der Waals surface area contributed by atoms with Gasteiger partial charge in [-0.25, -0.2) is 9.37 Å². The number of thiazole rings is 1. The summed E-state index contributed by atoms with van der Waals surface area (Å²) in [6.45, 7) is 0.488. The van der Waals surface area contributed by atoms with Crippen molar-refractivity contribution < 1.29 is 4.39 Å². The van der Waals surface area contributed by atoms with Crippen molar-refractivity contribution in [3.63, 3.8) is 0 Å². The molecule has 0 radical (unpaired) electrons. The highest BCUT2D eigenvalue weighted by molar-refractivity contribution is 7.22. The predicted molar refractivity (Wildman–Crippen MR) is 82.5 cm³/mol. The van der Waals surface area contributed by atoms with Crippen LogP contribution >= 0.6 is 11.3 Å². The summed E-state index contributed by atoms with van der Waals surface area (Å²) in [4.78, 5) is 6.49. The molecule has 0 atom stereocenters. The molecule has 0 bridgehead atoms. The molecule has 5 heteroatoms. The fraction of sp³-hybridized carbons (Fsp3) is 0.133. The van der Waals surface area contributed by atoms with Crippen LogP contribution in [0.25, 0.3) is 10.2 Å². The summed E-state index contributed by atoms with van der Waals surface area (Å²) in [6.07, 6.45) is 0. The molecule has 1 heterocycles. The van der Waals surface area contributed by atoms with Gasteiger partial charge in [0, 0.05) is 24.8 Å². The molecule has 0 spiro atoms. The number of hydrogen-bond acceptors (Lipinski definition) is 4. The lowest BCUT2D eigenvalue weighted by atomic mass is 10.2. The van der Waals surface area contributed by atoms with E-state index in [0.29, 0.717) is 12.1 Å². The first-order chi connectivity index (χ1) is 9.63. The van der Waals surface area contributed by atoms with Crippen molar-refractivity contribution in [3.05, 3.63) is 53.8 Å². The maximum absolute atomic E-state index is 13.7. The molecule has 3 rings (SSSR count). The summed E-state index contributed by atoms with van der Waals surface area (Å²) in [7, 11) is 1.91. The second-order valence-corrected chi connectivity index (χ2v) is 5.68. The predicted octanol–water partition coefficient (Wildman–Crippen LogP) is 3.65. The van der Waals surface area contributed by atoms with E-state index in [1.165, 1.54) is 6.07 Å². The highest BCUT2D eigenvalue weighted by Gasteiger charge is 2.11. The van der Waals surface area contributed by atoms with E-state index in [4.69, 9.17) is 5.73 Å².